The van der Waals surface area contributed by atoms with E-state index in [0.717, 1.165) is 0 Å². The molecule has 0 fully saturated rings. The van der Waals surface area contributed by atoms with Crippen LogP contribution in [0.4, 0.5) is 0 Å². The fraction of sp³-hybridized carbons (Fsp3) is 0.750. The maximum Gasteiger partial charge on any atom is 0.336 e. The average Bonchev–Trinajstić information content (AvgIpc) is 2.49. The van der Waals surface area contributed by atoms with Crippen LogP contribution in [0.2, 0.25) is 0 Å². The van der Waals surface area contributed by atoms with E-state index in [1.54, 1.807) is 0 Å². The standard InChI is InChI=1S/C12H20O12/c13-3-5(14)9(19)10(20)6(15)4-24-8(18)2-12(23,11(21)22)1-7(16)17/h5-6,9-10,13-15,19-20,23H,1-4H2,(H,16,17)(H,21,22)/t5-,6-,9-,10-,12?/m1/s1. The van der Waals surface area contributed by atoms with Gasteiger partial charge in [-0.05, 0) is 0 Å². The second-order valence-corrected chi connectivity index (χ2v) is 5.07. The van der Waals surface area contributed by atoms with Gasteiger partial charge in [-0.25, -0.2) is 4.79 Å². The van der Waals surface area contributed by atoms with Crippen molar-refractivity contribution in [3.63, 3.8) is 0 Å². The summed E-state index contributed by atoms with van der Waals surface area (Å²) in [5.41, 5.74) is -2.92. The third-order valence-corrected chi connectivity index (χ3v) is 3.02. The van der Waals surface area contributed by atoms with E-state index in [4.69, 9.17) is 20.4 Å². The molecule has 8 N–H and O–H groups in total. The molecule has 5 atom stereocenters. The smallest absolute Gasteiger partial charge is 0.336 e. The van der Waals surface area contributed by atoms with Crippen LogP contribution < -0.4 is 0 Å². The molecule has 0 heterocycles. The first-order valence-corrected chi connectivity index (χ1v) is 6.61. The van der Waals surface area contributed by atoms with Crippen molar-refractivity contribution in [1.29, 1.82) is 0 Å². The summed E-state index contributed by atoms with van der Waals surface area (Å²) < 4.78 is 4.40. The van der Waals surface area contributed by atoms with Crippen LogP contribution in [-0.2, 0) is 19.1 Å². The van der Waals surface area contributed by atoms with Crippen molar-refractivity contribution in [2.45, 2.75) is 42.9 Å². The summed E-state index contributed by atoms with van der Waals surface area (Å²) in [5, 5.41) is 72.8. The van der Waals surface area contributed by atoms with Crippen LogP contribution in [0.5, 0.6) is 0 Å². The summed E-state index contributed by atoms with van der Waals surface area (Å²) in [6.45, 7) is -1.86. The molecule has 12 nitrogen and oxygen atoms in total. The zero-order valence-electron chi connectivity index (χ0n) is 12.3. The quantitative estimate of drug-likeness (QED) is 0.164. The van der Waals surface area contributed by atoms with Crippen LogP contribution in [-0.4, -0.2) is 102 Å². The SMILES string of the molecule is O=C(O)CC(O)(CC(=O)OC[C@@H](O)[C@@H](O)[C@H](O)[C@H](O)CO)C(=O)O. The van der Waals surface area contributed by atoms with Crippen molar-refractivity contribution in [3.8, 4) is 0 Å². The topological polar surface area (TPSA) is 222 Å². The largest absolute Gasteiger partial charge is 0.481 e. The highest BCUT2D eigenvalue weighted by Crippen LogP contribution is 2.17. The summed E-state index contributed by atoms with van der Waals surface area (Å²) in [7, 11) is 0. The molecule has 0 aliphatic carbocycles. The monoisotopic (exact) mass is 356 g/mol. The molecule has 0 aromatic heterocycles. The Kier molecular flexibility index (Phi) is 8.74. The van der Waals surface area contributed by atoms with Gasteiger partial charge in [-0.2, -0.15) is 0 Å². The molecule has 0 aromatic carbocycles. The first-order chi connectivity index (χ1) is 10.9. The predicted molar refractivity (Wildman–Crippen MR) is 71.5 cm³/mol. The molecule has 0 spiro atoms. The van der Waals surface area contributed by atoms with Gasteiger partial charge in [-0.3, -0.25) is 9.59 Å². The van der Waals surface area contributed by atoms with E-state index in [9.17, 15) is 34.8 Å². The third-order valence-electron chi connectivity index (χ3n) is 3.02. The van der Waals surface area contributed by atoms with E-state index in [1.165, 1.54) is 0 Å². The molecular formula is C12H20O12. The van der Waals surface area contributed by atoms with Crippen LogP contribution in [0.25, 0.3) is 0 Å². The normalized spacial score (nSPS) is 18.8. The Morgan fingerprint density at radius 2 is 1.42 bits per heavy atom. The minimum absolute atomic E-state index is 0.911. The van der Waals surface area contributed by atoms with E-state index < -0.39 is 74.0 Å². The average molecular weight is 356 g/mol. The number of carboxylic acid groups (broad SMARTS) is 2. The van der Waals surface area contributed by atoms with Gasteiger partial charge in [0, 0.05) is 0 Å². The minimum Gasteiger partial charge on any atom is -0.481 e. The fourth-order valence-corrected chi connectivity index (χ4v) is 1.59. The van der Waals surface area contributed by atoms with E-state index in [2.05, 4.69) is 4.74 Å². The van der Waals surface area contributed by atoms with E-state index in [-0.39, 0.29) is 0 Å². The molecule has 12 heteroatoms. The first kappa shape index (κ1) is 22.2. The first-order valence-electron chi connectivity index (χ1n) is 6.61. The van der Waals surface area contributed by atoms with Crippen LogP contribution in [0.1, 0.15) is 12.8 Å². The maximum atomic E-state index is 11.4. The molecule has 0 aliphatic rings. The lowest BCUT2D eigenvalue weighted by atomic mass is 9.96. The third kappa shape index (κ3) is 6.74. The predicted octanol–water partition coefficient (Wildman–Crippen LogP) is -4.35. The Balaban J connectivity index is 4.62. The Hall–Kier alpha value is -1.83. The highest BCUT2D eigenvalue weighted by molar-refractivity contribution is 5.88. The fourth-order valence-electron chi connectivity index (χ4n) is 1.59. The lowest BCUT2D eigenvalue weighted by Crippen LogP contribution is -2.48. The van der Waals surface area contributed by atoms with Gasteiger partial charge in [0.1, 0.15) is 31.0 Å². The van der Waals surface area contributed by atoms with Crippen LogP contribution in [0, 0.1) is 0 Å². The van der Waals surface area contributed by atoms with Crippen LogP contribution in [0.15, 0.2) is 0 Å². The van der Waals surface area contributed by atoms with E-state index in [1.807, 2.05) is 0 Å². The molecule has 1 unspecified atom stereocenters. The molecule has 24 heavy (non-hydrogen) atoms. The number of aliphatic hydroxyl groups excluding tert-OH is 5. The summed E-state index contributed by atoms with van der Waals surface area (Å²) in [4.78, 5) is 32.8. The molecule has 0 amide bonds. The number of carbonyl (C=O) groups is 3. The summed E-state index contributed by atoms with van der Waals surface area (Å²) in [5.74, 6) is -5.03. The molecule has 0 aromatic rings. The van der Waals surface area contributed by atoms with Gasteiger partial charge in [0.2, 0.25) is 0 Å². The molecule has 0 aliphatic heterocycles. The van der Waals surface area contributed by atoms with Gasteiger partial charge in [0.05, 0.1) is 19.4 Å². The van der Waals surface area contributed by atoms with Crippen molar-refractivity contribution in [2.24, 2.45) is 0 Å². The van der Waals surface area contributed by atoms with Gasteiger partial charge in [0.25, 0.3) is 0 Å². The van der Waals surface area contributed by atoms with Gasteiger partial charge >= 0.3 is 17.9 Å². The minimum atomic E-state index is -2.92. The van der Waals surface area contributed by atoms with Crippen LogP contribution in [0.3, 0.4) is 0 Å². The van der Waals surface area contributed by atoms with Gasteiger partial charge in [-0.15, -0.1) is 0 Å². The van der Waals surface area contributed by atoms with Crippen molar-refractivity contribution in [3.05, 3.63) is 0 Å². The molecule has 0 bridgehead atoms. The Morgan fingerprint density at radius 1 is 0.917 bits per heavy atom. The molecule has 0 radical (unpaired) electrons. The Morgan fingerprint density at radius 3 is 1.83 bits per heavy atom. The molecule has 140 valence electrons. The lowest BCUT2D eigenvalue weighted by Gasteiger charge is -2.26. The molecule has 0 saturated carbocycles. The number of aliphatic carboxylic acids is 2. The summed E-state index contributed by atoms with van der Waals surface area (Å²) in [6.07, 6.45) is -10.1. The number of hydrogen-bond acceptors (Lipinski definition) is 10. The number of carboxylic acids is 2. The Bertz CT molecular complexity index is 451. The zero-order valence-corrected chi connectivity index (χ0v) is 12.3. The maximum absolute atomic E-state index is 11.4. The van der Waals surface area contributed by atoms with E-state index >= 15 is 0 Å². The van der Waals surface area contributed by atoms with E-state index in [0.29, 0.717) is 0 Å². The van der Waals surface area contributed by atoms with Crippen molar-refractivity contribution in [1.82, 2.24) is 0 Å². The number of rotatable bonds is 11. The van der Waals surface area contributed by atoms with Gasteiger partial charge in [-0.1, -0.05) is 0 Å². The second-order valence-electron chi connectivity index (χ2n) is 5.07. The highest BCUT2D eigenvalue weighted by Gasteiger charge is 2.41. The summed E-state index contributed by atoms with van der Waals surface area (Å²) >= 11 is 0. The van der Waals surface area contributed by atoms with Gasteiger partial charge in [0.15, 0.2) is 5.60 Å². The number of esters is 1. The van der Waals surface area contributed by atoms with Gasteiger partial charge < -0.3 is 45.6 Å². The summed E-state index contributed by atoms with van der Waals surface area (Å²) in [6, 6.07) is 0. The van der Waals surface area contributed by atoms with Crippen LogP contribution >= 0.6 is 0 Å². The second kappa shape index (κ2) is 9.46. The molecule has 0 rings (SSSR count). The highest BCUT2D eigenvalue weighted by atomic mass is 16.5. The zero-order chi connectivity index (χ0) is 19.1. The lowest BCUT2D eigenvalue weighted by molar-refractivity contribution is -0.174. The number of ether oxygens (including phenoxy) is 1. The number of aliphatic hydroxyl groups is 6. The number of hydrogen-bond donors (Lipinski definition) is 8. The van der Waals surface area contributed by atoms with Crippen molar-refractivity contribution in [2.75, 3.05) is 13.2 Å². The molecule has 0 saturated heterocycles. The Labute approximate surface area is 135 Å². The number of carbonyl (C=O) groups excluding carboxylic acids is 1. The van der Waals surface area contributed by atoms with Crippen molar-refractivity contribution < 1.29 is 60.0 Å². The molecular weight excluding hydrogens is 336 g/mol. The van der Waals surface area contributed by atoms with Crippen molar-refractivity contribution >= 4 is 17.9 Å².